The molecule has 6 atom stereocenters. The van der Waals surface area contributed by atoms with Crippen LogP contribution in [0.25, 0.3) is 11.1 Å². The molecule has 52 heavy (non-hydrogen) atoms. The normalized spacial score (nSPS) is 26.9. The third-order valence-corrected chi connectivity index (χ3v) is 11.4. The molecule has 2 amide bonds. The van der Waals surface area contributed by atoms with E-state index in [4.69, 9.17) is 9.47 Å². The predicted molar refractivity (Wildman–Crippen MR) is 205 cm³/mol. The van der Waals surface area contributed by atoms with Crippen LogP contribution in [0.2, 0.25) is 0 Å². The SMILES string of the molecule is CC(=O)NCCCCCC(=O)NCc1cccc(-c2ccc(C3OC(CN4CC5(C)CC4CC(C)(C)C5)C(C)C(c4ccc(CO)cc4)O3)cc2)c1. The van der Waals surface area contributed by atoms with Gasteiger partial charge in [0.05, 0.1) is 18.8 Å². The van der Waals surface area contributed by atoms with E-state index in [9.17, 15) is 14.7 Å². The topological polar surface area (TPSA) is 100 Å². The second kappa shape index (κ2) is 16.6. The van der Waals surface area contributed by atoms with E-state index in [1.807, 2.05) is 24.3 Å². The summed E-state index contributed by atoms with van der Waals surface area (Å²) >= 11 is 0. The highest BCUT2D eigenvalue weighted by molar-refractivity contribution is 5.76. The Kier molecular flexibility index (Phi) is 12.2. The van der Waals surface area contributed by atoms with Crippen molar-refractivity contribution in [2.24, 2.45) is 16.7 Å². The number of carbonyl (C=O) groups excluding carboxylic acids is 2. The van der Waals surface area contributed by atoms with E-state index in [1.54, 1.807) is 0 Å². The Balaban J connectivity index is 1.12. The van der Waals surface area contributed by atoms with Gasteiger partial charge in [0.1, 0.15) is 0 Å². The van der Waals surface area contributed by atoms with Gasteiger partial charge in [-0.2, -0.15) is 0 Å². The number of nitrogens with one attached hydrogen (secondary N) is 2. The Morgan fingerprint density at radius 2 is 1.62 bits per heavy atom. The van der Waals surface area contributed by atoms with Crippen molar-refractivity contribution in [1.82, 2.24) is 15.5 Å². The molecule has 2 aliphatic heterocycles. The molecular weight excluding hydrogens is 651 g/mol. The number of amides is 2. The molecule has 3 fully saturated rings. The average molecular weight is 710 g/mol. The van der Waals surface area contributed by atoms with Crippen LogP contribution in [0, 0.1) is 16.7 Å². The first-order chi connectivity index (χ1) is 24.9. The summed E-state index contributed by atoms with van der Waals surface area (Å²) in [5.41, 5.74) is 6.94. The van der Waals surface area contributed by atoms with E-state index in [-0.39, 0.29) is 36.5 Å². The van der Waals surface area contributed by atoms with E-state index in [1.165, 1.54) is 26.2 Å². The Hall–Kier alpha value is -3.56. The molecule has 2 saturated heterocycles. The fourth-order valence-corrected chi connectivity index (χ4v) is 9.18. The molecule has 0 radical (unpaired) electrons. The Morgan fingerprint density at radius 3 is 2.35 bits per heavy atom. The molecule has 2 heterocycles. The molecule has 3 aromatic carbocycles. The maximum atomic E-state index is 12.5. The number of aliphatic hydroxyl groups excluding tert-OH is 1. The number of benzene rings is 3. The number of aliphatic hydroxyl groups is 1. The number of hydrogen-bond acceptors (Lipinski definition) is 6. The third kappa shape index (κ3) is 9.70. The lowest BCUT2D eigenvalue weighted by molar-refractivity contribution is -0.276. The second-order valence-corrected chi connectivity index (χ2v) is 16.9. The first kappa shape index (κ1) is 38.2. The van der Waals surface area contributed by atoms with Crippen molar-refractivity contribution in [3.05, 3.63) is 95.1 Å². The average Bonchev–Trinajstić information content (AvgIpc) is 3.36. The van der Waals surface area contributed by atoms with Crippen molar-refractivity contribution in [2.75, 3.05) is 19.6 Å². The summed E-state index contributed by atoms with van der Waals surface area (Å²) in [6, 6.07) is 25.6. The van der Waals surface area contributed by atoms with Gasteiger partial charge in [0.2, 0.25) is 11.8 Å². The molecule has 280 valence electrons. The second-order valence-electron chi connectivity index (χ2n) is 16.9. The van der Waals surface area contributed by atoms with Crippen LogP contribution in [0.3, 0.4) is 0 Å². The molecule has 3 aliphatic rings. The van der Waals surface area contributed by atoms with Gasteiger partial charge >= 0.3 is 0 Å². The molecule has 0 aromatic heterocycles. The van der Waals surface area contributed by atoms with E-state index in [0.29, 0.717) is 36.4 Å². The maximum absolute atomic E-state index is 12.5. The number of hydrogen-bond donors (Lipinski definition) is 3. The number of nitrogens with zero attached hydrogens (tertiary/aromatic N) is 1. The highest BCUT2D eigenvalue weighted by Crippen LogP contribution is 2.53. The van der Waals surface area contributed by atoms with Crippen LogP contribution in [-0.2, 0) is 32.2 Å². The molecular formula is C44H59N3O5. The maximum Gasteiger partial charge on any atom is 0.220 e. The van der Waals surface area contributed by atoms with Gasteiger partial charge in [-0.3, -0.25) is 14.5 Å². The number of rotatable bonds is 14. The zero-order valence-corrected chi connectivity index (χ0v) is 31.8. The quantitative estimate of drug-likeness (QED) is 0.148. The summed E-state index contributed by atoms with van der Waals surface area (Å²) in [4.78, 5) is 26.2. The van der Waals surface area contributed by atoms with Gasteiger partial charge < -0.3 is 25.2 Å². The molecule has 8 nitrogen and oxygen atoms in total. The largest absolute Gasteiger partial charge is 0.392 e. The van der Waals surface area contributed by atoms with Crippen LogP contribution in [-0.4, -0.2) is 53.6 Å². The van der Waals surface area contributed by atoms with Crippen LogP contribution in [0.1, 0.15) is 114 Å². The minimum atomic E-state index is -0.501. The standard InChI is InChI=1S/C44H59N3O5/c1-30-39(26-47-29-44(5)24-38(47)23-43(3,4)28-44)51-42(52-41(30)35-15-13-32(27-48)14-16-35)36-19-17-34(18-20-36)37-11-9-10-33(22-37)25-46-40(50)12-7-6-8-21-45-31(2)49/h9-11,13-20,22,30,38-39,41-42,48H,6-8,12,21,23-29H2,1-5H3,(H,45,49)(H,46,50). The number of carbonyl (C=O) groups is 2. The van der Waals surface area contributed by atoms with Gasteiger partial charge in [0.25, 0.3) is 0 Å². The Morgan fingerprint density at radius 1 is 0.865 bits per heavy atom. The van der Waals surface area contributed by atoms with Gasteiger partial charge in [0, 0.05) is 57.0 Å². The molecule has 3 N–H and O–H groups in total. The smallest absolute Gasteiger partial charge is 0.220 e. The van der Waals surface area contributed by atoms with E-state index < -0.39 is 6.29 Å². The van der Waals surface area contributed by atoms with Crippen molar-refractivity contribution in [3.8, 4) is 11.1 Å². The molecule has 1 aliphatic carbocycles. The van der Waals surface area contributed by atoms with Crippen molar-refractivity contribution in [1.29, 1.82) is 0 Å². The molecule has 1 saturated carbocycles. The van der Waals surface area contributed by atoms with Gasteiger partial charge in [-0.15, -0.1) is 0 Å². The van der Waals surface area contributed by atoms with Crippen LogP contribution in [0.4, 0.5) is 0 Å². The first-order valence-electron chi connectivity index (χ1n) is 19.4. The fraction of sp³-hybridized carbons (Fsp3) is 0.545. The summed E-state index contributed by atoms with van der Waals surface area (Å²) in [7, 11) is 0. The highest BCUT2D eigenvalue weighted by Gasteiger charge is 2.51. The van der Waals surface area contributed by atoms with Crippen molar-refractivity contribution in [2.45, 2.75) is 117 Å². The van der Waals surface area contributed by atoms with Crippen LogP contribution in [0.5, 0.6) is 0 Å². The molecule has 0 spiro atoms. The highest BCUT2D eigenvalue weighted by atomic mass is 16.7. The first-order valence-corrected chi connectivity index (χ1v) is 19.4. The van der Waals surface area contributed by atoms with Gasteiger partial charge in [-0.1, -0.05) is 101 Å². The minimum Gasteiger partial charge on any atom is -0.392 e. The summed E-state index contributed by atoms with van der Waals surface area (Å²) in [6.07, 6.45) is 6.20. The van der Waals surface area contributed by atoms with Gasteiger partial charge in [-0.05, 0) is 76.8 Å². The Bertz CT molecular complexity index is 1660. The number of fused-ring (bicyclic) bond motifs is 2. The lowest BCUT2D eigenvalue weighted by Crippen LogP contribution is -2.46. The number of unbranched alkanes of at least 4 members (excludes halogenated alkanes) is 2. The zero-order valence-electron chi connectivity index (χ0n) is 31.8. The summed E-state index contributed by atoms with van der Waals surface area (Å²) in [5, 5.41) is 15.5. The monoisotopic (exact) mass is 709 g/mol. The number of likely N-dealkylation sites (tertiary alicyclic amines) is 1. The number of ether oxygens (including phenoxy) is 2. The third-order valence-electron chi connectivity index (χ3n) is 11.4. The van der Waals surface area contributed by atoms with Crippen molar-refractivity contribution < 1.29 is 24.2 Å². The summed E-state index contributed by atoms with van der Waals surface area (Å²) in [5.74, 6) is 0.175. The minimum absolute atomic E-state index is 0.00244. The van der Waals surface area contributed by atoms with Gasteiger partial charge in [-0.25, -0.2) is 0 Å². The molecule has 2 bridgehead atoms. The zero-order chi connectivity index (χ0) is 36.9. The van der Waals surface area contributed by atoms with E-state index >= 15 is 0 Å². The van der Waals surface area contributed by atoms with E-state index in [0.717, 1.165) is 65.7 Å². The van der Waals surface area contributed by atoms with E-state index in [2.05, 4.69) is 91.8 Å². The lowest BCUT2D eigenvalue weighted by atomic mass is 9.65. The van der Waals surface area contributed by atoms with Crippen LogP contribution < -0.4 is 10.6 Å². The summed E-state index contributed by atoms with van der Waals surface area (Å²) in [6.45, 7) is 14.3. The van der Waals surface area contributed by atoms with Crippen molar-refractivity contribution in [3.63, 3.8) is 0 Å². The Labute approximate surface area is 310 Å². The summed E-state index contributed by atoms with van der Waals surface area (Å²) < 4.78 is 13.7. The fourth-order valence-electron chi connectivity index (χ4n) is 9.18. The molecule has 6 rings (SSSR count). The van der Waals surface area contributed by atoms with Crippen LogP contribution >= 0.6 is 0 Å². The molecule has 3 aromatic rings. The van der Waals surface area contributed by atoms with Crippen molar-refractivity contribution >= 4 is 11.8 Å². The predicted octanol–water partition coefficient (Wildman–Crippen LogP) is 7.85. The lowest BCUT2D eigenvalue weighted by Gasteiger charge is -2.43. The molecule has 8 heteroatoms. The van der Waals surface area contributed by atoms with Gasteiger partial charge in [0.15, 0.2) is 6.29 Å². The molecule has 6 unspecified atom stereocenters. The van der Waals surface area contributed by atoms with Crippen LogP contribution in [0.15, 0.2) is 72.8 Å².